The van der Waals surface area contributed by atoms with Crippen molar-refractivity contribution in [2.45, 2.75) is 37.7 Å². The molecule has 3 fully saturated rings. The monoisotopic (exact) mass is 434 g/mol. The molecule has 1 unspecified atom stereocenters. The third kappa shape index (κ3) is 3.90. The quantitative estimate of drug-likeness (QED) is 0.697. The molecule has 32 heavy (non-hydrogen) atoms. The van der Waals surface area contributed by atoms with Crippen LogP contribution in [-0.2, 0) is 21.6 Å². The second-order valence-electron chi connectivity index (χ2n) is 9.54. The van der Waals surface area contributed by atoms with Crippen LogP contribution < -0.4 is 9.80 Å². The summed E-state index contributed by atoms with van der Waals surface area (Å²) in [7, 11) is 3.97. The van der Waals surface area contributed by atoms with E-state index in [-0.39, 0.29) is 17.4 Å². The molecule has 1 aromatic heterocycles. The van der Waals surface area contributed by atoms with Crippen LogP contribution in [0.3, 0.4) is 0 Å². The first-order valence-corrected chi connectivity index (χ1v) is 11.9. The molecule has 3 heterocycles. The Morgan fingerprint density at radius 3 is 2.47 bits per heavy atom. The van der Waals surface area contributed by atoms with Gasteiger partial charge in [-0.1, -0.05) is 12.1 Å². The first-order chi connectivity index (χ1) is 15.6. The summed E-state index contributed by atoms with van der Waals surface area (Å²) in [5, 5.41) is 0. The van der Waals surface area contributed by atoms with E-state index in [0.717, 1.165) is 63.4 Å². The number of rotatable bonds is 6. The van der Waals surface area contributed by atoms with E-state index >= 15 is 0 Å². The zero-order valence-electron chi connectivity index (χ0n) is 19.3. The summed E-state index contributed by atoms with van der Waals surface area (Å²) in [6.07, 6.45) is 6.81. The topological polar surface area (TPSA) is 48.9 Å². The van der Waals surface area contributed by atoms with Crippen LogP contribution in [0.25, 0.3) is 0 Å². The number of likely N-dealkylation sites (N-methyl/N-ethyl adjacent to an activating group) is 1. The highest BCUT2D eigenvalue weighted by molar-refractivity contribution is 5.97. The lowest BCUT2D eigenvalue weighted by Gasteiger charge is -2.41. The molecule has 1 atom stereocenters. The normalized spacial score (nSPS) is 23.4. The molecule has 1 amide bonds. The minimum Gasteiger partial charge on any atom is -0.374 e. The predicted octanol–water partition coefficient (Wildman–Crippen LogP) is 3.45. The minimum absolute atomic E-state index is 0.00672. The van der Waals surface area contributed by atoms with Crippen LogP contribution in [0, 0.1) is 5.92 Å². The van der Waals surface area contributed by atoms with E-state index in [1.807, 2.05) is 17.2 Å². The zero-order chi connectivity index (χ0) is 22.1. The van der Waals surface area contributed by atoms with Crippen LogP contribution in [-0.4, -0.2) is 62.7 Å². The van der Waals surface area contributed by atoms with Crippen LogP contribution in [0.2, 0.25) is 0 Å². The summed E-state index contributed by atoms with van der Waals surface area (Å²) in [6.45, 7) is 4.91. The molecule has 3 aliphatic rings. The number of nitrogens with zero attached hydrogens (tertiary/aromatic N) is 4. The van der Waals surface area contributed by atoms with Crippen molar-refractivity contribution in [3.63, 3.8) is 0 Å². The molecule has 1 saturated carbocycles. The molecule has 1 aliphatic carbocycles. The first kappa shape index (κ1) is 21.4. The summed E-state index contributed by atoms with van der Waals surface area (Å²) in [4.78, 5) is 24.7. The van der Waals surface area contributed by atoms with Crippen molar-refractivity contribution in [1.82, 2.24) is 9.88 Å². The number of carbonyl (C=O) groups excluding carboxylic acids is 1. The van der Waals surface area contributed by atoms with Gasteiger partial charge in [0.15, 0.2) is 0 Å². The molecule has 170 valence electrons. The van der Waals surface area contributed by atoms with Gasteiger partial charge in [0.25, 0.3) is 0 Å². The number of piperazine rings is 1. The first-order valence-electron chi connectivity index (χ1n) is 11.9. The molecule has 0 spiro atoms. The van der Waals surface area contributed by atoms with Gasteiger partial charge in [-0.05, 0) is 62.6 Å². The van der Waals surface area contributed by atoms with Gasteiger partial charge in [0.05, 0.1) is 17.0 Å². The van der Waals surface area contributed by atoms with E-state index in [4.69, 9.17) is 9.72 Å². The van der Waals surface area contributed by atoms with Crippen LogP contribution in [0.4, 0.5) is 11.4 Å². The van der Waals surface area contributed by atoms with Crippen molar-refractivity contribution in [2.75, 3.05) is 56.7 Å². The molecule has 0 radical (unpaired) electrons. The number of pyridine rings is 1. The van der Waals surface area contributed by atoms with Gasteiger partial charge in [-0.3, -0.25) is 9.78 Å². The maximum atomic E-state index is 13.3. The van der Waals surface area contributed by atoms with Crippen molar-refractivity contribution < 1.29 is 9.53 Å². The average Bonchev–Trinajstić information content (AvgIpc) is 3.15. The summed E-state index contributed by atoms with van der Waals surface area (Å²) in [6, 6.07) is 12.6. The van der Waals surface area contributed by atoms with Gasteiger partial charge >= 0.3 is 0 Å². The number of methoxy groups -OCH3 is 1. The molecule has 0 N–H and O–H groups in total. The Morgan fingerprint density at radius 1 is 1.06 bits per heavy atom. The predicted molar refractivity (Wildman–Crippen MR) is 127 cm³/mol. The maximum absolute atomic E-state index is 13.3. The number of carbonyl (C=O) groups is 1. The van der Waals surface area contributed by atoms with Crippen molar-refractivity contribution >= 4 is 17.3 Å². The fourth-order valence-electron chi connectivity index (χ4n) is 5.39. The molecule has 6 nitrogen and oxygen atoms in total. The molecular formula is C26H34N4O2. The Kier molecular flexibility index (Phi) is 5.91. The molecular weight excluding hydrogens is 400 g/mol. The van der Waals surface area contributed by atoms with Crippen molar-refractivity contribution in [1.29, 1.82) is 0 Å². The van der Waals surface area contributed by atoms with Gasteiger partial charge in [0, 0.05) is 64.1 Å². The lowest BCUT2D eigenvalue weighted by Crippen LogP contribution is -2.45. The van der Waals surface area contributed by atoms with Gasteiger partial charge in [0.2, 0.25) is 5.91 Å². The van der Waals surface area contributed by atoms with Gasteiger partial charge in [0.1, 0.15) is 0 Å². The number of amides is 1. The van der Waals surface area contributed by atoms with Crippen molar-refractivity contribution in [2.24, 2.45) is 5.92 Å². The number of hydrogen-bond acceptors (Lipinski definition) is 5. The lowest BCUT2D eigenvalue weighted by molar-refractivity contribution is -0.120. The van der Waals surface area contributed by atoms with Gasteiger partial charge in [-0.2, -0.15) is 0 Å². The number of benzene rings is 1. The van der Waals surface area contributed by atoms with Gasteiger partial charge < -0.3 is 19.4 Å². The third-order valence-electron chi connectivity index (χ3n) is 7.72. The number of hydrogen-bond donors (Lipinski definition) is 0. The van der Waals surface area contributed by atoms with E-state index in [1.165, 1.54) is 17.7 Å². The molecule has 2 saturated heterocycles. The second-order valence-corrected chi connectivity index (χ2v) is 9.54. The highest BCUT2D eigenvalue weighted by Crippen LogP contribution is 2.44. The Labute approximate surface area is 191 Å². The second kappa shape index (κ2) is 8.83. The van der Waals surface area contributed by atoms with E-state index in [9.17, 15) is 4.79 Å². The van der Waals surface area contributed by atoms with Crippen LogP contribution in [0.15, 0.2) is 42.6 Å². The molecule has 6 heteroatoms. The smallest absolute Gasteiger partial charge is 0.230 e. The SMILES string of the molecule is COC1(c2ccc(N3CCC(Cc4ncccc4N4CCN(C)CC4)C3=O)cc2)CCC1. The van der Waals surface area contributed by atoms with Gasteiger partial charge in [-0.15, -0.1) is 0 Å². The zero-order valence-corrected chi connectivity index (χ0v) is 19.3. The number of anilines is 2. The maximum Gasteiger partial charge on any atom is 0.230 e. The fourth-order valence-corrected chi connectivity index (χ4v) is 5.39. The van der Waals surface area contributed by atoms with E-state index in [0.29, 0.717) is 6.42 Å². The highest BCUT2D eigenvalue weighted by atomic mass is 16.5. The van der Waals surface area contributed by atoms with Crippen molar-refractivity contribution in [3.8, 4) is 0 Å². The third-order valence-corrected chi connectivity index (χ3v) is 7.72. The Hall–Kier alpha value is -2.44. The average molecular weight is 435 g/mol. The molecule has 2 aliphatic heterocycles. The molecule has 5 rings (SSSR count). The molecule has 2 aromatic rings. The summed E-state index contributed by atoms with van der Waals surface area (Å²) >= 11 is 0. The van der Waals surface area contributed by atoms with Crippen LogP contribution in [0.5, 0.6) is 0 Å². The van der Waals surface area contributed by atoms with Crippen LogP contribution in [0.1, 0.15) is 36.9 Å². The Morgan fingerprint density at radius 2 is 1.81 bits per heavy atom. The van der Waals surface area contributed by atoms with Crippen LogP contribution >= 0.6 is 0 Å². The van der Waals surface area contributed by atoms with E-state index in [1.54, 1.807) is 7.11 Å². The number of aromatic nitrogens is 1. The molecule has 0 bridgehead atoms. The van der Waals surface area contributed by atoms with Crippen molar-refractivity contribution in [3.05, 3.63) is 53.9 Å². The standard InChI is InChI=1S/C26H34N4O2/c1-28-15-17-29(18-16-28)24-5-3-13-27-23(24)19-20-10-14-30(25(20)31)22-8-6-21(7-9-22)26(32-2)11-4-12-26/h3,5-9,13,20H,4,10-12,14-19H2,1-2H3. The molecule has 1 aromatic carbocycles. The number of ether oxygens (including phenoxy) is 1. The van der Waals surface area contributed by atoms with E-state index < -0.39 is 0 Å². The van der Waals surface area contributed by atoms with E-state index in [2.05, 4.69) is 47.2 Å². The summed E-state index contributed by atoms with van der Waals surface area (Å²) in [5.41, 5.74) is 4.35. The Balaban J connectivity index is 1.28. The fraction of sp³-hybridized carbons (Fsp3) is 0.538. The summed E-state index contributed by atoms with van der Waals surface area (Å²) < 4.78 is 5.80. The van der Waals surface area contributed by atoms with Gasteiger partial charge in [-0.25, -0.2) is 0 Å². The summed E-state index contributed by atoms with van der Waals surface area (Å²) in [5.74, 6) is 0.213. The highest BCUT2D eigenvalue weighted by Gasteiger charge is 2.39. The largest absolute Gasteiger partial charge is 0.374 e. The minimum atomic E-state index is -0.116. The lowest BCUT2D eigenvalue weighted by atomic mass is 9.75. The Bertz CT molecular complexity index is 943.